The summed E-state index contributed by atoms with van der Waals surface area (Å²) in [5.74, 6) is 0.695. The van der Waals surface area contributed by atoms with E-state index in [1.54, 1.807) is 0 Å². The van der Waals surface area contributed by atoms with E-state index in [4.69, 9.17) is 0 Å². The molecule has 0 unspecified atom stereocenters. The predicted octanol–water partition coefficient (Wildman–Crippen LogP) is 5.05. The number of halogens is 3. The Morgan fingerprint density at radius 1 is 1.09 bits per heavy atom. The first-order chi connectivity index (χ1) is 10.4. The summed E-state index contributed by atoms with van der Waals surface area (Å²) >= 11 is 0. The van der Waals surface area contributed by atoms with Gasteiger partial charge in [0.05, 0.1) is 16.6 Å². The maximum atomic E-state index is 12.8. The third-order valence-corrected chi connectivity index (χ3v) is 3.67. The molecule has 0 aliphatic heterocycles. The number of hydrogen-bond donors (Lipinski definition) is 0. The zero-order valence-corrected chi connectivity index (χ0v) is 12.3. The van der Waals surface area contributed by atoms with Gasteiger partial charge < -0.3 is 4.57 Å². The smallest absolute Gasteiger partial charge is 0.324 e. The molecule has 3 rings (SSSR count). The minimum absolute atomic E-state index is 0.369. The molecule has 0 saturated heterocycles. The number of rotatable bonds is 2. The second-order valence-corrected chi connectivity index (χ2v) is 5.25. The van der Waals surface area contributed by atoms with Crippen LogP contribution in [0.25, 0.3) is 22.4 Å². The molecule has 0 fully saturated rings. The molecule has 1 aromatic heterocycles. The standard InChI is InChI=1S/C17H15F3N2/c1-3-22-15-8-7-13(17(18,19)20)10-14(15)21-16(22)12-6-4-5-11(2)9-12/h4-10H,3H2,1-2H3. The number of aryl methyl sites for hydroxylation is 2. The van der Waals surface area contributed by atoms with Gasteiger partial charge in [-0.1, -0.05) is 23.8 Å². The first-order valence-electron chi connectivity index (χ1n) is 7.04. The van der Waals surface area contributed by atoms with Gasteiger partial charge in [0, 0.05) is 12.1 Å². The van der Waals surface area contributed by atoms with E-state index in [9.17, 15) is 13.2 Å². The fourth-order valence-electron chi connectivity index (χ4n) is 2.63. The summed E-state index contributed by atoms with van der Waals surface area (Å²) in [4.78, 5) is 4.43. The molecule has 0 bridgehead atoms. The van der Waals surface area contributed by atoms with Gasteiger partial charge in [-0.15, -0.1) is 0 Å². The summed E-state index contributed by atoms with van der Waals surface area (Å²) in [7, 11) is 0. The first kappa shape index (κ1) is 14.6. The summed E-state index contributed by atoms with van der Waals surface area (Å²) in [6, 6.07) is 11.5. The van der Waals surface area contributed by atoms with Crippen LogP contribution in [0.15, 0.2) is 42.5 Å². The highest BCUT2D eigenvalue weighted by atomic mass is 19.4. The van der Waals surface area contributed by atoms with Gasteiger partial charge in [0.2, 0.25) is 0 Å². The molecular weight excluding hydrogens is 289 g/mol. The van der Waals surface area contributed by atoms with Crippen LogP contribution in [0.5, 0.6) is 0 Å². The molecule has 2 nitrogen and oxygen atoms in total. The van der Waals surface area contributed by atoms with Crippen molar-refractivity contribution < 1.29 is 13.2 Å². The van der Waals surface area contributed by atoms with E-state index in [0.717, 1.165) is 23.3 Å². The van der Waals surface area contributed by atoms with Crippen LogP contribution < -0.4 is 0 Å². The maximum Gasteiger partial charge on any atom is 0.416 e. The van der Waals surface area contributed by atoms with E-state index in [2.05, 4.69) is 4.98 Å². The molecular formula is C17H15F3N2. The third kappa shape index (κ3) is 2.47. The summed E-state index contributed by atoms with van der Waals surface area (Å²) in [6.45, 7) is 4.58. The molecule has 0 saturated carbocycles. The molecule has 5 heteroatoms. The average molecular weight is 304 g/mol. The summed E-state index contributed by atoms with van der Waals surface area (Å²) in [5.41, 5.74) is 2.41. The second kappa shape index (κ2) is 5.16. The Bertz CT molecular complexity index is 832. The van der Waals surface area contributed by atoms with Crippen molar-refractivity contribution in [3.8, 4) is 11.4 Å². The minimum atomic E-state index is -4.35. The summed E-state index contributed by atoms with van der Waals surface area (Å²) < 4.78 is 40.5. The number of nitrogens with zero attached hydrogens (tertiary/aromatic N) is 2. The fraction of sp³-hybridized carbons (Fsp3) is 0.235. The van der Waals surface area contributed by atoms with Crippen molar-refractivity contribution in [3.05, 3.63) is 53.6 Å². The van der Waals surface area contributed by atoms with E-state index < -0.39 is 11.7 Å². The molecule has 22 heavy (non-hydrogen) atoms. The molecule has 3 aromatic rings. The van der Waals surface area contributed by atoms with Crippen LogP contribution in [0.4, 0.5) is 13.2 Å². The number of benzene rings is 2. The molecule has 0 aliphatic rings. The summed E-state index contributed by atoms with van der Waals surface area (Å²) in [5, 5.41) is 0. The van der Waals surface area contributed by atoms with Gasteiger partial charge in [0.1, 0.15) is 5.82 Å². The van der Waals surface area contributed by atoms with Crippen LogP contribution in [0.1, 0.15) is 18.1 Å². The molecule has 0 atom stereocenters. The molecule has 0 aliphatic carbocycles. The quantitative estimate of drug-likeness (QED) is 0.648. The van der Waals surface area contributed by atoms with Crippen LogP contribution in [0.2, 0.25) is 0 Å². The van der Waals surface area contributed by atoms with E-state index in [-0.39, 0.29) is 0 Å². The number of hydrogen-bond acceptors (Lipinski definition) is 1. The van der Waals surface area contributed by atoms with Crippen LogP contribution in [0, 0.1) is 6.92 Å². The lowest BCUT2D eigenvalue weighted by molar-refractivity contribution is -0.137. The lowest BCUT2D eigenvalue weighted by Crippen LogP contribution is -2.04. The van der Waals surface area contributed by atoms with Crippen molar-refractivity contribution in [1.29, 1.82) is 0 Å². The molecule has 0 N–H and O–H groups in total. The number of fused-ring (bicyclic) bond motifs is 1. The zero-order valence-electron chi connectivity index (χ0n) is 12.3. The second-order valence-electron chi connectivity index (χ2n) is 5.25. The van der Waals surface area contributed by atoms with Crippen molar-refractivity contribution in [2.45, 2.75) is 26.6 Å². The highest BCUT2D eigenvalue weighted by Crippen LogP contribution is 2.33. The fourth-order valence-corrected chi connectivity index (χ4v) is 2.63. The molecule has 0 spiro atoms. The van der Waals surface area contributed by atoms with Gasteiger partial charge in [0.25, 0.3) is 0 Å². The molecule has 0 radical (unpaired) electrons. The SMILES string of the molecule is CCn1c(-c2cccc(C)c2)nc2cc(C(F)(F)F)ccc21. The lowest BCUT2D eigenvalue weighted by Gasteiger charge is -2.08. The monoisotopic (exact) mass is 304 g/mol. The van der Waals surface area contributed by atoms with Crippen LogP contribution in [-0.4, -0.2) is 9.55 Å². The van der Waals surface area contributed by atoms with Crippen molar-refractivity contribution in [2.24, 2.45) is 0 Å². The third-order valence-electron chi connectivity index (χ3n) is 3.67. The van der Waals surface area contributed by atoms with E-state index >= 15 is 0 Å². The molecule has 2 aromatic carbocycles. The average Bonchev–Trinajstić information content (AvgIpc) is 2.84. The highest BCUT2D eigenvalue weighted by Gasteiger charge is 2.31. The molecule has 1 heterocycles. The number of aromatic nitrogens is 2. The van der Waals surface area contributed by atoms with Gasteiger partial charge >= 0.3 is 6.18 Å². The Balaban J connectivity index is 2.23. The highest BCUT2D eigenvalue weighted by molar-refractivity contribution is 5.81. The largest absolute Gasteiger partial charge is 0.416 e. The van der Waals surface area contributed by atoms with Crippen LogP contribution >= 0.6 is 0 Å². The lowest BCUT2D eigenvalue weighted by atomic mass is 10.1. The minimum Gasteiger partial charge on any atom is -0.324 e. The van der Waals surface area contributed by atoms with Gasteiger partial charge in [-0.25, -0.2) is 4.98 Å². The van der Waals surface area contributed by atoms with Gasteiger partial charge in [-0.05, 0) is 38.1 Å². The Morgan fingerprint density at radius 3 is 2.50 bits per heavy atom. The van der Waals surface area contributed by atoms with E-state index in [0.29, 0.717) is 23.4 Å². The molecule has 114 valence electrons. The Kier molecular flexibility index (Phi) is 3.43. The number of alkyl halides is 3. The first-order valence-corrected chi connectivity index (χ1v) is 7.04. The van der Waals surface area contributed by atoms with Gasteiger partial charge in [-0.3, -0.25) is 0 Å². The Hall–Kier alpha value is -2.30. The maximum absolute atomic E-state index is 12.8. The zero-order chi connectivity index (χ0) is 15.9. The molecule has 0 amide bonds. The predicted molar refractivity (Wildman–Crippen MR) is 80.6 cm³/mol. The van der Waals surface area contributed by atoms with Crippen molar-refractivity contribution in [3.63, 3.8) is 0 Å². The Labute approximate surface area is 126 Å². The Morgan fingerprint density at radius 2 is 1.86 bits per heavy atom. The van der Waals surface area contributed by atoms with Crippen molar-refractivity contribution in [2.75, 3.05) is 0 Å². The normalized spacial score (nSPS) is 12.0. The van der Waals surface area contributed by atoms with Crippen molar-refractivity contribution >= 4 is 11.0 Å². The summed E-state index contributed by atoms with van der Waals surface area (Å²) in [6.07, 6.45) is -4.35. The van der Waals surface area contributed by atoms with Gasteiger partial charge in [0.15, 0.2) is 0 Å². The van der Waals surface area contributed by atoms with Crippen LogP contribution in [0.3, 0.4) is 0 Å². The van der Waals surface area contributed by atoms with Gasteiger partial charge in [-0.2, -0.15) is 13.2 Å². The number of imidazole rings is 1. The van der Waals surface area contributed by atoms with E-state index in [1.165, 1.54) is 6.07 Å². The topological polar surface area (TPSA) is 17.8 Å². The van der Waals surface area contributed by atoms with Crippen LogP contribution in [-0.2, 0) is 12.7 Å². The van der Waals surface area contributed by atoms with E-state index in [1.807, 2.05) is 42.7 Å². The van der Waals surface area contributed by atoms with Crippen molar-refractivity contribution in [1.82, 2.24) is 9.55 Å².